The topological polar surface area (TPSA) is 20.2 Å². The Labute approximate surface area is 92.9 Å². The van der Waals surface area contributed by atoms with Crippen LogP contribution in [0.3, 0.4) is 0 Å². The third kappa shape index (κ3) is 1.94. The number of aliphatic hydroxyl groups is 1. The van der Waals surface area contributed by atoms with E-state index in [1.807, 2.05) is 0 Å². The molecule has 90 valence electrons. The molecule has 0 aromatic heterocycles. The minimum absolute atomic E-state index is 0.0532. The van der Waals surface area contributed by atoms with Crippen molar-refractivity contribution >= 4 is 0 Å². The molecule has 1 rings (SSSR count). The van der Waals surface area contributed by atoms with Gasteiger partial charge in [-0.25, -0.2) is 0 Å². The standard InChI is InChI=1S/C12H15F3O/c1-4-11(16,12(13,14)15)10-7-5-6-8(2)9(10)3/h5-7,16H,4H2,1-3H3. The van der Waals surface area contributed by atoms with Gasteiger partial charge in [0, 0.05) is 0 Å². The molecule has 0 fully saturated rings. The van der Waals surface area contributed by atoms with Crippen LogP contribution < -0.4 is 0 Å². The SMILES string of the molecule is CCC(O)(c1cccc(C)c1C)C(F)(F)F. The minimum Gasteiger partial charge on any atom is -0.376 e. The second-order valence-corrected chi connectivity index (χ2v) is 3.96. The highest BCUT2D eigenvalue weighted by Crippen LogP contribution is 2.42. The summed E-state index contributed by atoms with van der Waals surface area (Å²) in [5.74, 6) is 0. The molecule has 4 heteroatoms. The van der Waals surface area contributed by atoms with Crippen LogP contribution in [-0.4, -0.2) is 11.3 Å². The fourth-order valence-corrected chi connectivity index (χ4v) is 1.74. The van der Waals surface area contributed by atoms with E-state index < -0.39 is 11.8 Å². The number of hydrogen-bond acceptors (Lipinski definition) is 1. The second-order valence-electron chi connectivity index (χ2n) is 3.96. The number of benzene rings is 1. The zero-order valence-electron chi connectivity index (χ0n) is 9.52. The van der Waals surface area contributed by atoms with Crippen molar-refractivity contribution in [3.63, 3.8) is 0 Å². The molecule has 1 atom stereocenters. The molecule has 1 aromatic carbocycles. The maximum absolute atomic E-state index is 12.9. The van der Waals surface area contributed by atoms with Crippen LogP contribution in [0.25, 0.3) is 0 Å². The van der Waals surface area contributed by atoms with Crippen molar-refractivity contribution in [2.24, 2.45) is 0 Å². The highest BCUT2D eigenvalue weighted by atomic mass is 19.4. The van der Waals surface area contributed by atoms with Crippen molar-refractivity contribution in [1.82, 2.24) is 0 Å². The van der Waals surface area contributed by atoms with Crippen LogP contribution in [0.4, 0.5) is 13.2 Å². The van der Waals surface area contributed by atoms with Gasteiger partial charge in [-0.2, -0.15) is 13.2 Å². The van der Waals surface area contributed by atoms with E-state index in [-0.39, 0.29) is 12.0 Å². The Morgan fingerprint density at radius 2 is 1.75 bits per heavy atom. The Kier molecular flexibility index (Phi) is 3.33. The molecule has 0 aliphatic heterocycles. The molecule has 1 N–H and O–H groups in total. The summed E-state index contributed by atoms with van der Waals surface area (Å²) >= 11 is 0. The molecule has 0 amide bonds. The molecule has 1 nitrogen and oxygen atoms in total. The van der Waals surface area contributed by atoms with E-state index in [9.17, 15) is 18.3 Å². The highest BCUT2D eigenvalue weighted by molar-refractivity contribution is 5.38. The molecular formula is C12H15F3O. The second kappa shape index (κ2) is 4.09. The van der Waals surface area contributed by atoms with Crippen molar-refractivity contribution in [2.45, 2.75) is 39.0 Å². The van der Waals surface area contributed by atoms with Gasteiger partial charge >= 0.3 is 6.18 Å². The van der Waals surface area contributed by atoms with Crippen LogP contribution in [0.2, 0.25) is 0 Å². The summed E-state index contributed by atoms with van der Waals surface area (Å²) in [7, 11) is 0. The monoisotopic (exact) mass is 232 g/mol. The van der Waals surface area contributed by atoms with E-state index in [0.717, 1.165) is 5.56 Å². The quantitative estimate of drug-likeness (QED) is 0.827. The van der Waals surface area contributed by atoms with Gasteiger partial charge in [0.15, 0.2) is 5.60 Å². The van der Waals surface area contributed by atoms with Crippen molar-refractivity contribution in [2.75, 3.05) is 0 Å². The summed E-state index contributed by atoms with van der Waals surface area (Å²) in [6.45, 7) is 4.65. The number of alkyl halides is 3. The largest absolute Gasteiger partial charge is 0.421 e. The van der Waals surface area contributed by atoms with Gasteiger partial charge in [0.2, 0.25) is 0 Å². The predicted octanol–water partition coefficient (Wildman–Crippen LogP) is 3.46. The molecule has 0 heterocycles. The van der Waals surface area contributed by atoms with E-state index in [1.165, 1.54) is 19.1 Å². The van der Waals surface area contributed by atoms with E-state index in [1.54, 1.807) is 19.9 Å². The Bertz CT molecular complexity index is 384. The smallest absolute Gasteiger partial charge is 0.376 e. The normalized spacial score (nSPS) is 15.9. The molecule has 0 aliphatic rings. The van der Waals surface area contributed by atoms with Crippen molar-refractivity contribution in [1.29, 1.82) is 0 Å². The third-order valence-corrected chi connectivity index (χ3v) is 3.03. The Morgan fingerprint density at radius 1 is 1.19 bits per heavy atom. The summed E-state index contributed by atoms with van der Waals surface area (Å²) in [6.07, 6.45) is -5.04. The van der Waals surface area contributed by atoms with Gasteiger partial charge in [0.05, 0.1) is 0 Å². The Morgan fingerprint density at radius 3 is 2.19 bits per heavy atom. The first-order valence-corrected chi connectivity index (χ1v) is 5.10. The summed E-state index contributed by atoms with van der Waals surface area (Å²) < 4.78 is 38.6. The highest BCUT2D eigenvalue weighted by Gasteiger charge is 2.54. The number of aryl methyl sites for hydroxylation is 1. The number of halogens is 3. The van der Waals surface area contributed by atoms with Crippen LogP contribution in [0.5, 0.6) is 0 Å². The van der Waals surface area contributed by atoms with Gasteiger partial charge in [0.1, 0.15) is 0 Å². The van der Waals surface area contributed by atoms with Gasteiger partial charge in [-0.1, -0.05) is 25.1 Å². The zero-order chi connectivity index (χ0) is 12.6. The molecule has 0 saturated heterocycles. The van der Waals surface area contributed by atoms with Gasteiger partial charge in [-0.3, -0.25) is 0 Å². The van der Waals surface area contributed by atoms with Crippen LogP contribution in [-0.2, 0) is 5.60 Å². The lowest BCUT2D eigenvalue weighted by Crippen LogP contribution is -2.42. The Balaban J connectivity index is 3.40. The van der Waals surface area contributed by atoms with Gasteiger partial charge in [-0.15, -0.1) is 0 Å². The molecule has 0 spiro atoms. The molecular weight excluding hydrogens is 217 g/mol. The van der Waals surface area contributed by atoms with Gasteiger partial charge < -0.3 is 5.11 Å². The van der Waals surface area contributed by atoms with Crippen LogP contribution in [0.1, 0.15) is 30.0 Å². The maximum Gasteiger partial charge on any atom is 0.421 e. The third-order valence-electron chi connectivity index (χ3n) is 3.03. The van der Waals surface area contributed by atoms with Crippen molar-refractivity contribution in [3.05, 3.63) is 34.9 Å². The molecule has 0 bridgehead atoms. The first-order valence-electron chi connectivity index (χ1n) is 5.10. The van der Waals surface area contributed by atoms with Crippen LogP contribution in [0.15, 0.2) is 18.2 Å². The first kappa shape index (κ1) is 13.0. The minimum atomic E-state index is -4.65. The van der Waals surface area contributed by atoms with E-state index in [0.29, 0.717) is 5.56 Å². The van der Waals surface area contributed by atoms with E-state index in [2.05, 4.69) is 0 Å². The van der Waals surface area contributed by atoms with E-state index in [4.69, 9.17) is 0 Å². The fourth-order valence-electron chi connectivity index (χ4n) is 1.74. The van der Waals surface area contributed by atoms with Crippen LogP contribution >= 0.6 is 0 Å². The molecule has 0 saturated carbocycles. The lowest BCUT2D eigenvalue weighted by molar-refractivity contribution is -0.268. The molecule has 1 unspecified atom stereocenters. The predicted molar refractivity (Wildman–Crippen MR) is 56.2 cm³/mol. The number of hydrogen-bond donors (Lipinski definition) is 1. The fraction of sp³-hybridized carbons (Fsp3) is 0.500. The molecule has 16 heavy (non-hydrogen) atoms. The summed E-state index contributed by atoms with van der Waals surface area (Å²) in [5.41, 5.74) is -1.57. The maximum atomic E-state index is 12.9. The summed E-state index contributed by atoms with van der Waals surface area (Å²) in [6, 6.07) is 4.59. The Hall–Kier alpha value is -1.03. The average Bonchev–Trinajstić information content (AvgIpc) is 2.19. The molecule has 1 aromatic rings. The number of rotatable bonds is 2. The van der Waals surface area contributed by atoms with Gasteiger partial charge in [0.25, 0.3) is 0 Å². The molecule has 0 radical (unpaired) electrons. The summed E-state index contributed by atoms with van der Waals surface area (Å²) in [5, 5.41) is 9.81. The average molecular weight is 232 g/mol. The first-order chi connectivity index (χ1) is 7.24. The molecule has 0 aliphatic carbocycles. The lowest BCUT2D eigenvalue weighted by Gasteiger charge is -2.31. The van der Waals surface area contributed by atoms with Crippen molar-refractivity contribution in [3.8, 4) is 0 Å². The van der Waals surface area contributed by atoms with Crippen LogP contribution in [0, 0.1) is 13.8 Å². The lowest BCUT2D eigenvalue weighted by atomic mass is 9.86. The summed E-state index contributed by atoms with van der Waals surface area (Å²) in [4.78, 5) is 0. The van der Waals surface area contributed by atoms with E-state index >= 15 is 0 Å². The van der Waals surface area contributed by atoms with Gasteiger partial charge in [-0.05, 0) is 37.0 Å². The zero-order valence-corrected chi connectivity index (χ0v) is 9.52. The van der Waals surface area contributed by atoms with Crippen molar-refractivity contribution < 1.29 is 18.3 Å².